The van der Waals surface area contributed by atoms with E-state index in [1.165, 1.54) is 6.92 Å². The van der Waals surface area contributed by atoms with Crippen LogP contribution in [0, 0.1) is 6.92 Å². The van der Waals surface area contributed by atoms with E-state index in [4.69, 9.17) is 16.3 Å². The Morgan fingerprint density at radius 3 is 2.85 bits per heavy atom. The summed E-state index contributed by atoms with van der Waals surface area (Å²) < 4.78 is 5.43. The van der Waals surface area contributed by atoms with Crippen molar-refractivity contribution in [3.63, 3.8) is 0 Å². The largest absolute Gasteiger partial charge is 0.460 e. The van der Waals surface area contributed by atoms with Gasteiger partial charge in [0.2, 0.25) is 6.29 Å². The summed E-state index contributed by atoms with van der Waals surface area (Å²) in [5, 5.41) is 10.6. The number of ketones is 1. The highest BCUT2D eigenvalue weighted by molar-refractivity contribution is 6.31. The number of Topliss-reactive ketones (excluding diaryl/α,β-unsaturated/α-hetero) is 1. The fourth-order valence-corrected chi connectivity index (χ4v) is 2.53. The van der Waals surface area contributed by atoms with Crippen LogP contribution >= 0.6 is 11.6 Å². The number of hydrogen-bond acceptors (Lipinski definition) is 4. The van der Waals surface area contributed by atoms with E-state index >= 15 is 0 Å². The standard InChI is InChI=1S/C15H12ClNO3/c1-7-10(8(2)18)6-12-14(17-7)11-5-9(16)3-4-13(11)20-15(12)19/h3-6,15,19H,1-2H3. The molecule has 0 saturated heterocycles. The van der Waals surface area contributed by atoms with E-state index < -0.39 is 6.29 Å². The van der Waals surface area contributed by atoms with Gasteiger partial charge in [-0.15, -0.1) is 0 Å². The lowest BCUT2D eigenvalue weighted by molar-refractivity contribution is -0.0216. The maximum absolute atomic E-state index is 11.6. The van der Waals surface area contributed by atoms with Crippen LogP contribution in [-0.2, 0) is 0 Å². The fraction of sp³-hybridized carbons (Fsp3) is 0.200. The maximum atomic E-state index is 11.6. The highest BCUT2D eigenvalue weighted by Gasteiger charge is 2.27. The molecule has 1 unspecified atom stereocenters. The van der Waals surface area contributed by atoms with Crippen LogP contribution in [0.25, 0.3) is 11.3 Å². The van der Waals surface area contributed by atoms with Gasteiger partial charge in [-0.25, -0.2) is 0 Å². The van der Waals surface area contributed by atoms with Gasteiger partial charge in [-0.1, -0.05) is 11.6 Å². The molecule has 0 fully saturated rings. The molecule has 0 radical (unpaired) electrons. The lowest BCUT2D eigenvalue weighted by atomic mass is 9.98. The quantitative estimate of drug-likeness (QED) is 0.818. The topological polar surface area (TPSA) is 59.4 Å². The van der Waals surface area contributed by atoms with Crippen molar-refractivity contribution in [3.8, 4) is 17.0 Å². The van der Waals surface area contributed by atoms with Gasteiger partial charge in [-0.3, -0.25) is 9.78 Å². The molecule has 20 heavy (non-hydrogen) atoms. The van der Waals surface area contributed by atoms with Crippen LogP contribution in [0.4, 0.5) is 0 Å². The lowest BCUT2D eigenvalue weighted by Gasteiger charge is -2.25. The number of aryl methyl sites for hydroxylation is 1. The molecule has 0 spiro atoms. The highest BCUT2D eigenvalue weighted by atomic mass is 35.5. The summed E-state index contributed by atoms with van der Waals surface area (Å²) in [7, 11) is 0. The van der Waals surface area contributed by atoms with Gasteiger partial charge >= 0.3 is 0 Å². The molecule has 102 valence electrons. The van der Waals surface area contributed by atoms with Gasteiger partial charge in [-0.2, -0.15) is 0 Å². The molecule has 5 heteroatoms. The Morgan fingerprint density at radius 1 is 1.40 bits per heavy atom. The zero-order valence-corrected chi connectivity index (χ0v) is 11.7. The Labute approximate surface area is 121 Å². The van der Waals surface area contributed by atoms with Crippen molar-refractivity contribution in [2.75, 3.05) is 0 Å². The number of benzene rings is 1. The van der Waals surface area contributed by atoms with Crippen LogP contribution < -0.4 is 4.74 Å². The number of halogens is 1. The first kappa shape index (κ1) is 13.1. The van der Waals surface area contributed by atoms with Crippen molar-refractivity contribution < 1.29 is 14.6 Å². The number of ether oxygens (including phenoxy) is 1. The van der Waals surface area contributed by atoms with Crippen molar-refractivity contribution in [1.82, 2.24) is 4.98 Å². The second kappa shape index (κ2) is 4.58. The van der Waals surface area contributed by atoms with Gasteiger partial charge in [0.15, 0.2) is 5.78 Å². The second-order valence-corrected chi connectivity index (χ2v) is 5.16. The average molecular weight is 290 g/mol. The van der Waals surface area contributed by atoms with Crippen molar-refractivity contribution in [3.05, 3.63) is 46.1 Å². The summed E-state index contributed by atoms with van der Waals surface area (Å²) in [5.41, 5.74) is 2.91. The summed E-state index contributed by atoms with van der Waals surface area (Å²) >= 11 is 6.00. The smallest absolute Gasteiger partial charge is 0.226 e. The molecule has 0 bridgehead atoms. The summed E-state index contributed by atoms with van der Waals surface area (Å²) in [6.45, 7) is 3.24. The monoisotopic (exact) mass is 289 g/mol. The van der Waals surface area contributed by atoms with E-state index in [1.54, 1.807) is 31.2 Å². The fourth-order valence-electron chi connectivity index (χ4n) is 2.35. The lowest BCUT2D eigenvalue weighted by Crippen LogP contribution is -2.16. The molecule has 0 aliphatic carbocycles. The first-order valence-corrected chi connectivity index (χ1v) is 6.52. The van der Waals surface area contributed by atoms with Gasteiger partial charge < -0.3 is 9.84 Å². The van der Waals surface area contributed by atoms with Crippen LogP contribution in [0.2, 0.25) is 5.02 Å². The number of carbonyl (C=O) groups excluding carboxylic acids is 1. The minimum absolute atomic E-state index is 0.0955. The minimum atomic E-state index is -1.13. The average Bonchev–Trinajstić information content (AvgIpc) is 2.39. The molecule has 1 aliphatic rings. The SMILES string of the molecule is CC(=O)c1cc2c(nc1C)-c1cc(Cl)ccc1OC2O. The zero-order chi connectivity index (χ0) is 14.4. The van der Waals surface area contributed by atoms with Crippen molar-refractivity contribution >= 4 is 17.4 Å². The molecule has 4 nitrogen and oxygen atoms in total. The third-order valence-corrected chi connectivity index (χ3v) is 3.56. The molecule has 1 aromatic carbocycles. The van der Waals surface area contributed by atoms with Crippen LogP contribution in [0.1, 0.15) is 34.8 Å². The highest BCUT2D eigenvalue weighted by Crippen LogP contribution is 2.42. The number of rotatable bonds is 1. The number of nitrogens with zero attached hydrogens (tertiary/aromatic N) is 1. The molecule has 1 aliphatic heterocycles. The van der Waals surface area contributed by atoms with Crippen LogP contribution in [0.3, 0.4) is 0 Å². The van der Waals surface area contributed by atoms with Crippen molar-refractivity contribution in [1.29, 1.82) is 0 Å². The Morgan fingerprint density at radius 2 is 2.15 bits per heavy atom. The summed E-state index contributed by atoms with van der Waals surface area (Å²) in [6, 6.07) is 6.75. The first-order valence-electron chi connectivity index (χ1n) is 6.14. The molecule has 3 rings (SSSR count). The van der Waals surface area contributed by atoms with Crippen LogP contribution in [0.15, 0.2) is 24.3 Å². The molecular formula is C15H12ClNO3. The van der Waals surface area contributed by atoms with Gasteiger partial charge in [0, 0.05) is 27.4 Å². The molecule has 2 aromatic rings. The van der Waals surface area contributed by atoms with E-state index in [9.17, 15) is 9.90 Å². The number of hydrogen-bond donors (Lipinski definition) is 1. The van der Waals surface area contributed by atoms with Gasteiger partial charge in [0.1, 0.15) is 5.75 Å². The molecule has 1 aromatic heterocycles. The van der Waals surface area contributed by atoms with Crippen molar-refractivity contribution in [2.24, 2.45) is 0 Å². The van der Waals surface area contributed by atoms with Gasteiger partial charge in [0.05, 0.1) is 5.69 Å². The number of carbonyl (C=O) groups is 1. The minimum Gasteiger partial charge on any atom is -0.460 e. The maximum Gasteiger partial charge on any atom is 0.226 e. The van der Waals surface area contributed by atoms with E-state index in [-0.39, 0.29) is 5.78 Å². The van der Waals surface area contributed by atoms with E-state index in [2.05, 4.69) is 4.98 Å². The van der Waals surface area contributed by atoms with E-state index in [0.29, 0.717) is 33.3 Å². The van der Waals surface area contributed by atoms with Crippen LogP contribution in [-0.4, -0.2) is 15.9 Å². The van der Waals surface area contributed by atoms with Crippen LogP contribution in [0.5, 0.6) is 5.75 Å². The zero-order valence-electron chi connectivity index (χ0n) is 11.0. The Balaban J connectivity index is 2.29. The molecule has 2 heterocycles. The Kier molecular flexibility index (Phi) is 3.00. The second-order valence-electron chi connectivity index (χ2n) is 4.73. The molecule has 1 atom stereocenters. The third-order valence-electron chi connectivity index (χ3n) is 3.32. The summed E-state index contributed by atoms with van der Waals surface area (Å²) in [5.74, 6) is 0.429. The van der Waals surface area contributed by atoms with Crippen molar-refractivity contribution in [2.45, 2.75) is 20.1 Å². The number of fused-ring (bicyclic) bond motifs is 3. The summed E-state index contributed by atoms with van der Waals surface area (Å²) in [6.07, 6.45) is -1.13. The predicted molar refractivity (Wildman–Crippen MR) is 75.0 cm³/mol. The number of aliphatic hydroxyl groups is 1. The molecule has 0 amide bonds. The number of aliphatic hydroxyl groups excluding tert-OH is 1. The van der Waals surface area contributed by atoms with Gasteiger partial charge in [0.25, 0.3) is 0 Å². The number of pyridine rings is 1. The van der Waals surface area contributed by atoms with E-state index in [1.807, 2.05) is 0 Å². The Hall–Kier alpha value is -1.91. The Bertz CT molecular complexity index is 727. The first-order chi connectivity index (χ1) is 9.47. The molecule has 1 N–H and O–H groups in total. The summed E-state index contributed by atoms with van der Waals surface area (Å²) in [4.78, 5) is 16.0. The normalized spacial score (nSPS) is 16.1. The number of aromatic nitrogens is 1. The molecule has 0 saturated carbocycles. The molecular weight excluding hydrogens is 278 g/mol. The predicted octanol–water partition coefficient (Wildman–Crippen LogP) is 3.30. The third kappa shape index (κ3) is 1.97. The van der Waals surface area contributed by atoms with E-state index in [0.717, 1.165) is 5.56 Å². The van der Waals surface area contributed by atoms with Gasteiger partial charge in [-0.05, 0) is 38.1 Å².